The minimum Gasteiger partial charge on any atom is -0.380 e. The molecule has 0 fully saturated rings. The first kappa shape index (κ1) is 20.9. The minimum absolute atomic E-state index is 0.0352. The van der Waals surface area contributed by atoms with Crippen LogP contribution in [-0.2, 0) is 14.3 Å². The van der Waals surface area contributed by atoms with Crippen LogP contribution in [0.1, 0.15) is 17.2 Å². The number of benzene rings is 3. The van der Waals surface area contributed by atoms with E-state index in [9.17, 15) is 26.7 Å². The molecule has 0 aliphatic carbocycles. The van der Waals surface area contributed by atoms with E-state index in [4.69, 9.17) is 4.18 Å². The Bertz CT molecular complexity index is 1150. The lowest BCUT2D eigenvalue weighted by Crippen LogP contribution is -2.15. The summed E-state index contributed by atoms with van der Waals surface area (Å²) < 4.78 is 70.1. The van der Waals surface area contributed by atoms with Gasteiger partial charge < -0.3 is 9.29 Å². The van der Waals surface area contributed by atoms with Gasteiger partial charge in [0.15, 0.2) is 5.76 Å². The molecule has 0 aromatic heterocycles. The Kier molecular flexibility index (Phi) is 5.95. The lowest BCUT2D eigenvalue weighted by Gasteiger charge is -2.19. The maximum atomic E-state index is 14.2. The molecule has 3 aromatic rings. The number of aryl methyl sites for hydroxylation is 1. The first-order chi connectivity index (χ1) is 13.7. The topological polar surface area (TPSA) is 63.6 Å². The van der Waals surface area contributed by atoms with Crippen LogP contribution in [0.2, 0.25) is 0 Å². The van der Waals surface area contributed by atoms with Crippen LogP contribution in [-0.4, -0.2) is 19.9 Å². The summed E-state index contributed by atoms with van der Waals surface area (Å²) in [5, 5.41) is 11.7. The Morgan fingerprint density at radius 1 is 0.966 bits per heavy atom. The van der Waals surface area contributed by atoms with Crippen molar-refractivity contribution >= 4 is 20.9 Å². The second-order valence-corrected chi connectivity index (χ2v) is 7.88. The van der Waals surface area contributed by atoms with Crippen molar-refractivity contribution in [3.05, 3.63) is 89.4 Å². The molecular weight excluding hydrogens is 405 g/mol. The number of hydrogen-bond donors (Lipinski definition) is 1. The van der Waals surface area contributed by atoms with Crippen molar-refractivity contribution < 1.29 is 30.9 Å². The molecule has 0 bridgehead atoms. The second kappa shape index (κ2) is 8.26. The molecule has 152 valence electrons. The highest BCUT2D eigenvalue weighted by Crippen LogP contribution is 2.35. The minimum atomic E-state index is -4.65. The first-order valence-corrected chi connectivity index (χ1v) is 9.96. The van der Waals surface area contributed by atoms with Crippen molar-refractivity contribution in [3.8, 4) is 0 Å². The highest BCUT2D eigenvalue weighted by molar-refractivity contribution is 7.86. The quantitative estimate of drug-likeness (QED) is 0.447. The number of fused-ring (bicyclic) bond motifs is 1. The maximum absolute atomic E-state index is 14.2. The van der Waals surface area contributed by atoms with Crippen molar-refractivity contribution in [2.24, 2.45) is 0 Å². The molecule has 0 spiro atoms. The molecule has 0 saturated heterocycles. The van der Waals surface area contributed by atoms with Crippen LogP contribution < -0.4 is 0 Å². The van der Waals surface area contributed by atoms with Gasteiger partial charge in [-0.3, -0.25) is 0 Å². The number of hydrogen-bond acceptors (Lipinski definition) is 4. The third-order valence-corrected chi connectivity index (χ3v) is 5.55. The Labute approximate surface area is 166 Å². The molecule has 0 radical (unpaired) electrons. The van der Waals surface area contributed by atoms with Gasteiger partial charge in [-0.1, -0.05) is 60.2 Å². The van der Waals surface area contributed by atoms with E-state index >= 15 is 0 Å². The van der Waals surface area contributed by atoms with Crippen LogP contribution >= 0.6 is 0 Å². The Morgan fingerprint density at radius 3 is 2.24 bits per heavy atom. The SMILES string of the molecule is Cc1ccc(S(=O)(=O)O/C(=C(/F)C(F)F)C(O)c2cccc3ccccc23)cc1. The van der Waals surface area contributed by atoms with Gasteiger partial charge in [0.25, 0.3) is 6.43 Å². The molecule has 0 aliphatic rings. The van der Waals surface area contributed by atoms with Crippen LogP contribution in [0.5, 0.6) is 0 Å². The largest absolute Gasteiger partial charge is 0.380 e. The predicted molar refractivity (Wildman–Crippen MR) is 102 cm³/mol. The van der Waals surface area contributed by atoms with E-state index in [1.807, 2.05) is 0 Å². The monoisotopic (exact) mass is 422 g/mol. The standard InChI is InChI=1S/C21H17F3O4S/c1-13-9-11-15(12-10-13)29(26,27)28-20(18(22)21(23)24)19(25)17-8-4-6-14-5-2-3-7-16(14)17/h2-12,19,21,25H,1H3/b20-18+. The summed E-state index contributed by atoms with van der Waals surface area (Å²) in [6.07, 6.45) is -5.72. The summed E-state index contributed by atoms with van der Waals surface area (Å²) in [4.78, 5) is -0.354. The Morgan fingerprint density at radius 2 is 1.59 bits per heavy atom. The van der Waals surface area contributed by atoms with E-state index < -0.39 is 34.2 Å². The van der Waals surface area contributed by atoms with Gasteiger partial charge in [0, 0.05) is 0 Å². The maximum Gasteiger partial charge on any atom is 0.339 e. The molecule has 0 saturated carbocycles. The van der Waals surface area contributed by atoms with Gasteiger partial charge >= 0.3 is 10.1 Å². The zero-order valence-corrected chi connectivity index (χ0v) is 16.0. The third-order valence-electron chi connectivity index (χ3n) is 4.30. The molecule has 4 nitrogen and oxygen atoms in total. The fourth-order valence-corrected chi connectivity index (χ4v) is 3.80. The van der Waals surface area contributed by atoms with Crippen LogP contribution in [0.3, 0.4) is 0 Å². The number of alkyl halides is 2. The van der Waals surface area contributed by atoms with Gasteiger partial charge in [-0.05, 0) is 35.4 Å². The molecule has 0 heterocycles. The van der Waals surface area contributed by atoms with E-state index in [-0.39, 0.29) is 10.5 Å². The molecule has 3 rings (SSSR count). The van der Waals surface area contributed by atoms with Crippen molar-refractivity contribution in [2.45, 2.75) is 24.3 Å². The molecular formula is C21H17F3O4S. The summed E-state index contributed by atoms with van der Waals surface area (Å²) >= 11 is 0. The van der Waals surface area contributed by atoms with E-state index in [2.05, 4.69) is 0 Å². The second-order valence-electron chi connectivity index (χ2n) is 6.33. The number of halogens is 3. The molecule has 0 amide bonds. The first-order valence-electron chi connectivity index (χ1n) is 8.55. The van der Waals surface area contributed by atoms with E-state index in [0.29, 0.717) is 10.8 Å². The Balaban J connectivity index is 2.09. The van der Waals surface area contributed by atoms with Crippen LogP contribution in [0, 0.1) is 6.92 Å². The summed E-state index contributed by atoms with van der Waals surface area (Å²) in [5.41, 5.74) is 0.794. The average molecular weight is 422 g/mol. The summed E-state index contributed by atoms with van der Waals surface area (Å²) in [6.45, 7) is 1.73. The van der Waals surface area contributed by atoms with Crippen molar-refractivity contribution in [1.82, 2.24) is 0 Å². The fraction of sp³-hybridized carbons (Fsp3) is 0.143. The van der Waals surface area contributed by atoms with E-state index in [0.717, 1.165) is 5.56 Å². The highest BCUT2D eigenvalue weighted by atomic mass is 32.2. The summed E-state index contributed by atoms with van der Waals surface area (Å²) in [5.74, 6) is -3.52. The van der Waals surface area contributed by atoms with Crippen molar-refractivity contribution in [1.29, 1.82) is 0 Å². The zero-order chi connectivity index (χ0) is 21.2. The number of rotatable bonds is 6. The Hall–Kier alpha value is -2.84. The summed E-state index contributed by atoms with van der Waals surface area (Å²) in [6, 6.07) is 16.7. The lowest BCUT2D eigenvalue weighted by atomic mass is 9.99. The lowest BCUT2D eigenvalue weighted by molar-refractivity contribution is 0.118. The highest BCUT2D eigenvalue weighted by Gasteiger charge is 2.31. The number of aliphatic hydroxyl groups is 1. The average Bonchev–Trinajstić information content (AvgIpc) is 2.71. The molecule has 3 aromatic carbocycles. The number of aliphatic hydroxyl groups excluding tert-OH is 1. The molecule has 1 atom stereocenters. The summed E-state index contributed by atoms with van der Waals surface area (Å²) in [7, 11) is -4.65. The zero-order valence-electron chi connectivity index (χ0n) is 15.2. The van der Waals surface area contributed by atoms with Gasteiger partial charge in [0.2, 0.25) is 5.83 Å². The van der Waals surface area contributed by atoms with Crippen LogP contribution in [0.4, 0.5) is 13.2 Å². The van der Waals surface area contributed by atoms with E-state index in [1.54, 1.807) is 37.3 Å². The van der Waals surface area contributed by atoms with Crippen molar-refractivity contribution in [2.75, 3.05) is 0 Å². The van der Waals surface area contributed by atoms with Gasteiger partial charge in [-0.2, -0.15) is 8.42 Å². The fourth-order valence-electron chi connectivity index (χ4n) is 2.82. The molecule has 8 heteroatoms. The van der Waals surface area contributed by atoms with E-state index in [1.165, 1.54) is 36.4 Å². The third kappa shape index (κ3) is 4.44. The number of allylic oxidation sites excluding steroid dienone is 1. The molecule has 0 aliphatic heterocycles. The van der Waals surface area contributed by atoms with Gasteiger partial charge in [0.05, 0.1) is 0 Å². The van der Waals surface area contributed by atoms with Crippen LogP contribution in [0.15, 0.2) is 83.2 Å². The van der Waals surface area contributed by atoms with Crippen molar-refractivity contribution in [3.63, 3.8) is 0 Å². The predicted octanol–water partition coefficient (Wildman–Crippen LogP) is 5.03. The van der Waals surface area contributed by atoms with Gasteiger partial charge in [-0.25, -0.2) is 13.2 Å². The van der Waals surface area contributed by atoms with Crippen LogP contribution in [0.25, 0.3) is 10.8 Å². The molecule has 1 N–H and O–H groups in total. The molecule has 29 heavy (non-hydrogen) atoms. The normalized spacial score (nSPS) is 14.0. The molecule has 1 unspecified atom stereocenters. The van der Waals surface area contributed by atoms with Gasteiger partial charge in [-0.15, -0.1) is 0 Å². The smallest absolute Gasteiger partial charge is 0.339 e. The van der Waals surface area contributed by atoms with Gasteiger partial charge in [0.1, 0.15) is 11.0 Å².